The van der Waals surface area contributed by atoms with E-state index in [2.05, 4.69) is 15.2 Å². The van der Waals surface area contributed by atoms with Crippen molar-refractivity contribution in [3.05, 3.63) is 35.9 Å². The number of pyridine rings is 1. The average molecular weight is 510 g/mol. The molecule has 0 aliphatic rings. The standard InChI is InChI=1S/C19H23ClF3N5O4S/c1-3-27(16-12-28(25-17(16)20)14-5-4-7-24-11-14)18(29)15(26-32-9-8-31-2)13-33(30)10-6-19(21,22)23/h4-5,7,11-12H,3,6,8-10,13H2,1-2H3/b26-15-. The molecule has 182 valence electrons. The maximum Gasteiger partial charge on any atom is 0.390 e. The molecule has 0 fully saturated rings. The molecule has 1 amide bonds. The van der Waals surface area contributed by atoms with E-state index in [0.717, 1.165) is 0 Å². The summed E-state index contributed by atoms with van der Waals surface area (Å²) < 4.78 is 55.9. The second-order valence-corrected chi connectivity index (χ2v) is 8.46. The Balaban J connectivity index is 2.26. The summed E-state index contributed by atoms with van der Waals surface area (Å²) in [6.07, 6.45) is -1.07. The first-order valence-electron chi connectivity index (χ1n) is 9.73. The number of hydrogen-bond donors (Lipinski definition) is 0. The number of rotatable bonds is 12. The largest absolute Gasteiger partial charge is 0.393 e. The number of aromatic nitrogens is 3. The summed E-state index contributed by atoms with van der Waals surface area (Å²) in [4.78, 5) is 23.5. The van der Waals surface area contributed by atoms with E-state index in [9.17, 15) is 22.2 Å². The Morgan fingerprint density at radius 2 is 2.12 bits per heavy atom. The zero-order valence-electron chi connectivity index (χ0n) is 17.9. The minimum absolute atomic E-state index is 0.00567. The smallest absolute Gasteiger partial charge is 0.390 e. The monoisotopic (exact) mass is 509 g/mol. The molecule has 9 nitrogen and oxygen atoms in total. The Hall–Kier alpha value is -2.51. The summed E-state index contributed by atoms with van der Waals surface area (Å²) in [5.41, 5.74) is 0.525. The Morgan fingerprint density at radius 3 is 2.73 bits per heavy atom. The Bertz CT molecular complexity index is 972. The normalized spacial score (nSPS) is 13.1. The first-order chi connectivity index (χ1) is 15.7. The number of methoxy groups -OCH3 is 1. The van der Waals surface area contributed by atoms with Gasteiger partial charge in [-0.3, -0.25) is 14.0 Å². The van der Waals surface area contributed by atoms with Crippen molar-refractivity contribution in [2.45, 2.75) is 19.5 Å². The maximum atomic E-state index is 13.2. The van der Waals surface area contributed by atoms with Gasteiger partial charge in [-0.25, -0.2) is 4.68 Å². The van der Waals surface area contributed by atoms with E-state index >= 15 is 0 Å². The van der Waals surface area contributed by atoms with Gasteiger partial charge >= 0.3 is 6.18 Å². The van der Waals surface area contributed by atoms with Crippen molar-refractivity contribution >= 4 is 39.7 Å². The van der Waals surface area contributed by atoms with Gasteiger partial charge in [0.25, 0.3) is 5.91 Å². The van der Waals surface area contributed by atoms with Crippen LogP contribution in [-0.4, -0.2) is 75.1 Å². The molecule has 1 atom stereocenters. The molecule has 0 aliphatic carbocycles. The van der Waals surface area contributed by atoms with E-state index in [1.165, 1.54) is 22.9 Å². The number of alkyl halides is 3. The molecule has 0 aromatic carbocycles. The number of ether oxygens (including phenoxy) is 1. The lowest BCUT2D eigenvalue weighted by atomic mass is 10.3. The molecule has 0 N–H and O–H groups in total. The summed E-state index contributed by atoms with van der Waals surface area (Å²) in [7, 11) is -0.564. The molecule has 0 radical (unpaired) electrons. The third-order valence-corrected chi connectivity index (χ3v) is 5.65. The Kier molecular flexibility index (Phi) is 10.3. The topological polar surface area (TPSA) is 98.9 Å². The van der Waals surface area contributed by atoms with Crippen LogP contribution in [0.15, 0.2) is 35.9 Å². The van der Waals surface area contributed by atoms with Gasteiger partial charge in [-0.2, -0.15) is 18.3 Å². The maximum absolute atomic E-state index is 13.2. The van der Waals surface area contributed by atoms with Crippen LogP contribution in [0.4, 0.5) is 18.9 Å². The summed E-state index contributed by atoms with van der Waals surface area (Å²) in [5, 5.41) is 7.90. The van der Waals surface area contributed by atoms with Gasteiger partial charge in [0.1, 0.15) is 12.3 Å². The van der Waals surface area contributed by atoms with Gasteiger partial charge in [-0.1, -0.05) is 16.8 Å². The molecular weight excluding hydrogens is 487 g/mol. The number of amides is 1. The quantitative estimate of drug-likeness (QED) is 0.248. The van der Waals surface area contributed by atoms with Crippen molar-refractivity contribution in [2.75, 3.05) is 43.3 Å². The van der Waals surface area contributed by atoms with Gasteiger partial charge in [-0.15, -0.1) is 0 Å². The molecular formula is C19H23ClF3N5O4S. The Labute approximate surface area is 196 Å². The molecule has 2 heterocycles. The van der Waals surface area contributed by atoms with Crippen molar-refractivity contribution in [3.63, 3.8) is 0 Å². The lowest BCUT2D eigenvalue weighted by Gasteiger charge is -2.20. The number of anilines is 1. The van der Waals surface area contributed by atoms with Crippen LogP contribution in [0, 0.1) is 0 Å². The number of halogens is 4. The van der Waals surface area contributed by atoms with Crippen molar-refractivity contribution in [1.82, 2.24) is 14.8 Å². The van der Waals surface area contributed by atoms with E-state index in [1.807, 2.05) is 0 Å². The van der Waals surface area contributed by atoms with Crippen LogP contribution in [0.1, 0.15) is 13.3 Å². The fourth-order valence-corrected chi connectivity index (χ4v) is 3.87. The molecule has 1 unspecified atom stereocenters. The molecule has 2 aromatic heterocycles. The summed E-state index contributed by atoms with van der Waals surface area (Å²) in [5.74, 6) is -1.91. The van der Waals surface area contributed by atoms with Crippen LogP contribution in [0.25, 0.3) is 5.69 Å². The Morgan fingerprint density at radius 1 is 1.36 bits per heavy atom. The highest BCUT2D eigenvalue weighted by atomic mass is 35.5. The molecule has 14 heteroatoms. The number of nitrogens with zero attached hydrogens (tertiary/aromatic N) is 5. The van der Waals surface area contributed by atoms with Gasteiger partial charge < -0.3 is 14.5 Å². The van der Waals surface area contributed by atoms with Crippen LogP contribution in [0.5, 0.6) is 0 Å². The van der Waals surface area contributed by atoms with Crippen LogP contribution < -0.4 is 4.90 Å². The zero-order chi connectivity index (χ0) is 24.4. The van der Waals surface area contributed by atoms with Crippen LogP contribution >= 0.6 is 11.6 Å². The molecule has 0 saturated heterocycles. The minimum Gasteiger partial charge on any atom is -0.393 e. The second kappa shape index (κ2) is 12.7. The van der Waals surface area contributed by atoms with Gasteiger partial charge in [0.2, 0.25) is 0 Å². The third kappa shape index (κ3) is 8.41. The highest BCUT2D eigenvalue weighted by Crippen LogP contribution is 2.26. The highest BCUT2D eigenvalue weighted by molar-refractivity contribution is 7.85. The number of oxime groups is 1. The van der Waals surface area contributed by atoms with Crippen molar-refractivity contribution < 1.29 is 31.7 Å². The molecule has 0 bridgehead atoms. The predicted molar refractivity (Wildman–Crippen MR) is 118 cm³/mol. The highest BCUT2D eigenvalue weighted by Gasteiger charge is 2.30. The number of carbonyl (C=O) groups excluding carboxylic acids is 1. The number of carbonyl (C=O) groups is 1. The first kappa shape index (κ1) is 26.7. The van der Waals surface area contributed by atoms with Crippen molar-refractivity contribution in [1.29, 1.82) is 0 Å². The molecule has 0 saturated carbocycles. The fourth-order valence-electron chi connectivity index (χ4n) is 2.55. The summed E-state index contributed by atoms with van der Waals surface area (Å²) >= 11 is 6.25. The van der Waals surface area contributed by atoms with E-state index in [4.69, 9.17) is 21.2 Å². The van der Waals surface area contributed by atoms with E-state index in [1.54, 1.807) is 31.5 Å². The molecule has 33 heavy (non-hydrogen) atoms. The van der Waals surface area contributed by atoms with E-state index in [-0.39, 0.29) is 36.3 Å². The zero-order valence-corrected chi connectivity index (χ0v) is 19.5. The van der Waals surface area contributed by atoms with E-state index < -0.39 is 40.8 Å². The fraction of sp³-hybridized carbons (Fsp3) is 0.474. The summed E-state index contributed by atoms with van der Waals surface area (Å²) in [6.45, 7) is 1.96. The van der Waals surface area contributed by atoms with Crippen LogP contribution in [-0.2, 0) is 25.2 Å². The van der Waals surface area contributed by atoms with Gasteiger partial charge in [-0.05, 0) is 19.1 Å². The third-order valence-electron chi connectivity index (χ3n) is 4.13. The first-order valence-corrected chi connectivity index (χ1v) is 11.6. The number of hydrogen-bond acceptors (Lipinski definition) is 7. The van der Waals surface area contributed by atoms with E-state index in [0.29, 0.717) is 5.69 Å². The molecule has 0 spiro atoms. The molecule has 0 aliphatic heterocycles. The molecule has 2 aromatic rings. The second-order valence-electron chi connectivity index (χ2n) is 6.53. The van der Waals surface area contributed by atoms with Crippen LogP contribution in [0.3, 0.4) is 0 Å². The lowest BCUT2D eigenvalue weighted by molar-refractivity contribution is -0.129. The van der Waals surface area contributed by atoms with Gasteiger partial charge in [0, 0.05) is 36.4 Å². The lowest BCUT2D eigenvalue weighted by Crippen LogP contribution is -2.39. The molecule has 2 rings (SSSR count). The summed E-state index contributed by atoms with van der Waals surface area (Å²) in [6, 6.07) is 3.43. The SMILES string of the molecule is CCN(C(=O)/C(CS(=O)CCC(F)(F)F)=N\OCCOC)c1cn(-c2cccnc2)nc1Cl. The van der Waals surface area contributed by atoms with Crippen LogP contribution in [0.2, 0.25) is 5.15 Å². The van der Waals surface area contributed by atoms with Crippen molar-refractivity contribution in [3.8, 4) is 5.69 Å². The van der Waals surface area contributed by atoms with Gasteiger partial charge in [0.05, 0.1) is 36.9 Å². The van der Waals surface area contributed by atoms with Crippen molar-refractivity contribution in [2.24, 2.45) is 5.16 Å². The predicted octanol–water partition coefficient (Wildman–Crippen LogP) is 2.99. The minimum atomic E-state index is -4.46. The average Bonchev–Trinajstić information content (AvgIpc) is 3.16. The van der Waals surface area contributed by atoms with Gasteiger partial charge in [0.15, 0.2) is 10.9 Å².